The Balaban J connectivity index is 2.00. The van der Waals surface area contributed by atoms with Crippen LogP contribution in [0.4, 0.5) is 5.69 Å². The Hall–Kier alpha value is -2.56. The van der Waals surface area contributed by atoms with Gasteiger partial charge in [-0.15, -0.1) is 0 Å². The molecule has 3 N–H and O–H groups in total. The molecule has 21 heavy (non-hydrogen) atoms. The molecule has 0 bridgehead atoms. The highest BCUT2D eigenvalue weighted by atomic mass is 16.5. The Morgan fingerprint density at radius 3 is 2.76 bits per heavy atom. The lowest BCUT2D eigenvalue weighted by Gasteiger charge is -2.17. The smallest absolute Gasteiger partial charge is 0.226 e. The molecule has 1 unspecified atom stereocenters. The molecule has 0 radical (unpaired) electrons. The Labute approximate surface area is 124 Å². The Kier molecular flexibility index (Phi) is 4.77. The number of carbonyl (C=O) groups is 1. The van der Waals surface area contributed by atoms with Gasteiger partial charge in [0.2, 0.25) is 5.91 Å². The van der Waals surface area contributed by atoms with Crippen LogP contribution in [0.5, 0.6) is 5.75 Å². The summed E-state index contributed by atoms with van der Waals surface area (Å²) in [6, 6.07) is 11.0. The summed E-state index contributed by atoms with van der Waals surface area (Å²) in [7, 11) is 1.62. The van der Waals surface area contributed by atoms with Crippen LogP contribution in [-0.2, 0) is 11.2 Å². The number of aromatic nitrogens is 1. The minimum Gasteiger partial charge on any atom is -0.496 e. The number of pyridine rings is 1. The summed E-state index contributed by atoms with van der Waals surface area (Å²) in [4.78, 5) is 16.2. The van der Waals surface area contributed by atoms with Crippen molar-refractivity contribution < 1.29 is 9.53 Å². The minimum atomic E-state index is -0.137. The van der Waals surface area contributed by atoms with Crippen molar-refractivity contribution in [1.82, 2.24) is 10.3 Å². The van der Waals surface area contributed by atoms with Crippen LogP contribution in [0, 0.1) is 0 Å². The van der Waals surface area contributed by atoms with E-state index in [1.807, 2.05) is 31.2 Å². The van der Waals surface area contributed by atoms with Crippen molar-refractivity contribution in [3.8, 4) is 5.75 Å². The van der Waals surface area contributed by atoms with Crippen LogP contribution < -0.4 is 15.8 Å². The minimum absolute atomic E-state index is 0.0920. The summed E-state index contributed by atoms with van der Waals surface area (Å²) < 4.78 is 5.30. The van der Waals surface area contributed by atoms with Crippen LogP contribution in [0.1, 0.15) is 24.2 Å². The zero-order chi connectivity index (χ0) is 15.2. The van der Waals surface area contributed by atoms with Crippen LogP contribution in [0.2, 0.25) is 0 Å². The lowest BCUT2D eigenvalue weighted by atomic mass is 10.1. The summed E-state index contributed by atoms with van der Waals surface area (Å²) in [6.45, 7) is 1.92. The van der Waals surface area contributed by atoms with Gasteiger partial charge in [0.25, 0.3) is 0 Å². The molecule has 0 saturated heterocycles. The maximum atomic E-state index is 12.1. The van der Waals surface area contributed by atoms with E-state index in [2.05, 4.69) is 10.3 Å². The molecular formula is C16H19N3O2. The van der Waals surface area contributed by atoms with E-state index < -0.39 is 0 Å². The van der Waals surface area contributed by atoms with Crippen LogP contribution >= 0.6 is 0 Å². The van der Waals surface area contributed by atoms with Crippen molar-refractivity contribution in [2.75, 3.05) is 12.8 Å². The number of nitrogen functional groups attached to an aromatic ring is 1. The van der Waals surface area contributed by atoms with Gasteiger partial charge in [-0.1, -0.05) is 18.2 Å². The van der Waals surface area contributed by atoms with E-state index in [0.717, 1.165) is 11.3 Å². The third kappa shape index (κ3) is 3.95. The molecule has 0 spiro atoms. The fraction of sp³-hybridized carbons (Fsp3) is 0.250. The summed E-state index contributed by atoms with van der Waals surface area (Å²) in [5, 5.41) is 2.94. The topological polar surface area (TPSA) is 77.2 Å². The molecule has 0 aliphatic carbocycles. The second-order valence-electron chi connectivity index (χ2n) is 4.79. The average Bonchev–Trinajstić information content (AvgIpc) is 2.49. The molecule has 2 aromatic rings. The van der Waals surface area contributed by atoms with E-state index in [-0.39, 0.29) is 18.4 Å². The summed E-state index contributed by atoms with van der Waals surface area (Å²) in [6.07, 6.45) is 1.77. The molecule has 0 fully saturated rings. The van der Waals surface area contributed by atoms with E-state index in [1.54, 1.807) is 25.4 Å². The largest absolute Gasteiger partial charge is 0.496 e. The summed E-state index contributed by atoms with van der Waals surface area (Å²) in [5.41, 5.74) is 7.79. The monoisotopic (exact) mass is 285 g/mol. The second kappa shape index (κ2) is 6.74. The summed E-state index contributed by atoms with van der Waals surface area (Å²) >= 11 is 0. The van der Waals surface area contributed by atoms with Gasteiger partial charge in [-0.2, -0.15) is 0 Å². The van der Waals surface area contributed by atoms with E-state index >= 15 is 0 Å². The van der Waals surface area contributed by atoms with Crippen LogP contribution in [-0.4, -0.2) is 18.0 Å². The fourth-order valence-corrected chi connectivity index (χ4v) is 2.10. The number of nitrogens with two attached hydrogens (primary N) is 1. The van der Waals surface area contributed by atoms with E-state index in [1.165, 1.54) is 0 Å². The number of anilines is 1. The van der Waals surface area contributed by atoms with Crippen molar-refractivity contribution >= 4 is 11.6 Å². The average molecular weight is 285 g/mol. The van der Waals surface area contributed by atoms with Gasteiger partial charge in [0.05, 0.1) is 31.5 Å². The number of methoxy groups -OCH3 is 1. The van der Waals surface area contributed by atoms with Crippen molar-refractivity contribution in [2.24, 2.45) is 0 Å². The van der Waals surface area contributed by atoms with Gasteiger partial charge < -0.3 is 15.8 Å². The molecule has 1 heterocycles. The van der Waals surface area contributed by atoms with Gasteiger partial charge in [0.15, 0.2) is 0 Å². The lowest BCUT2D eigenvalue weighted by Crippen LogP contribution is -2.28. The molecule has 110 valence electrons. The first kappa shape index (κ1) is 14.8. The lowest BCUT2D eigenvalue weighted by molar-refractivity contribution is -0.121. The van der Waals surface area contributed by atoms with Crippen LogP contribution in [0.25, 0.3) is 0 Å². The highest BCUT2D eigenvalue weighted by molar-refractivity contribution is 5.78. The van der Waals surface area contributed by atoms with Crippen LogP contribution in [0.3, 0.4) is 0 Å². The van der Waals surface area contributed by atoms with Crippen molar-refractivity contribution in [1.29, 1.82) is 0 Å². The normalized spacial score (nSPS) is 11.7. The number of amides is 1. The third-order valence-corrected chi connectivity index (χ3v) is 3.17. The van der Waals surface area contributed by atoms with Gasteiger partial charge >= 0.3 is 0 Å². The number of hydrogen-bond donors (Lipinski definition) is 2. The van der Waals surface area contributed by atoms with Gasteiger partial charge in [-0.3, -0.25) is 9.78 Å². The molecule has 1 amide bonds. The number of para-hydroxylation sites is 1. The predicted octanol–water partition coefficient (Wildman–Crippen LogP) is 2.09. The van der Waals surface area contributed by atoms with E-state index in [9.17, 15) is 4.79 Å². The van der Waals surface area contributed by atoms with Crippen molar-refractivity contribution in [2.45, 2.75) is 19.4 Å². The first-order chi connectivity index (χ1) is 10.1. The van der Waals surface area contributed by atoms with Gasteiger partial charge in [-0.25, -0.2) is 0 Å². The molecule has 1 aromatic heterocycles. The van der Waals surface area contributed by atoms with E-state index in [4.69, 9.17) is 10.5 Å². The van der Waals surface area contributed by atoms with Gasteiger partial charge in [0, 0.05) is 11.3 Å². The number of benzene rings is 1. The molecular weight excluding hydrogens is 266 g/mol. The number of hydrogen-bond acceptors (Lipinski definition) is 4. The Morgan fingerprint density at radius 1 is 1.33 bits per heavy atom. The first-order valence-electron chi connectivity index (χ1n) is 6.73. The number of nitrogens with one attached hydrogen (secondary N) is 1. The molecule has 2 rings (SSSR count). The third-order valence-electron chi connectivity index (χ3n) is 3.17. The molecule has 5 nitrogen and oxygen atoms in total. The maximum Gasteiger partial charge on any atom is 0.226 e. The highest BCUT2D eigenvalue weighted by Gasteiger charge is 2.14. The quantitative estimate of drug-likeness (QED) is 0.882. The van der Waals surface area contributed by atoms with Gasteiger partial charge in [-0.05, 0) is 25.1 Å². The number of rotatable bonds is 5. The fourth-order valence-electron chi connectivity index (χ4n) is 2.10. The number of carbonyl (C=O) groups excluding carboxylic acids is 1. The zero-order valence-electron chi connectivity index (χ0n) is 12.2. The SMILES string of the molecule is COc1ccccc1C(C)NC(=O)Cc1ccc(N)cn1. The Morgan fingerprint density at radius 2 is 2.10 bits per heavy atom. The highest BCUT2D eigenvalue weighted by Crippen LogP contribution is 2.24. The molecule has 5 heteroatoms. The second-order valence-corrected chi connectivity index (χ2v) is 4.79. The molecule has 0 aliphatic heterocycles. The molecule has 1 atom stereocenters. The van der Waals surface area contributed by atoms with E-state index in [0.29, 0.717) is 11.4 Å². The predicted molar refractivity (Wildman–Crippen MR) is 81.9 cm³/mol. The van der Waals surface area contributed by atoms with Crippen LogP contribution in [0.15, 0.2) is 42.6 Å². The van der Waals surface area contributed by atoms with Crippen molar-refractivity contribution in [3.63, 3.8) is 0 Å². The van der Waals surface area contributed by atoms with Crippen molar-refractivity contribution in [3.05, 3.63) is 53.9 Å². The maximum absolute atomic E-state index is 12.1. The molecule has 0 saturated carbocycles. The van der Waals surface area contributed by atoms with Gasteiger partial charge in [0.1, 0.15) is 5.75 Å². The Bertz CT molecular complexity index is 611. The molecule has 1 aromatic carbocycles. The summed E-state index contributed by atoms with van der Waals surface area (Å²) in [5.74, 6) is 0.668. The number of ether oxygens (including phenoxy) is 1. The standard InChI is InChI=1S/C16H19N3O2/c1-11(14-5-3-4-6-15(14)21-2)19-16(20)9-13-8-7-12(17)10-18-13/h3-8,10-11H,9,17H2,1-2H3,(H,19,20). The first-order valence-corrected chi connectivity index (χ1v) is 6.73. The molecule has 0 aliphatic rings. The number of nitrogens with zero attached hydrogens (tertiary/aromatic N) is 1. The zero-order valence-corrected chi connectivity index (χ0v) is 12.2.